The second kappa shape index (κ2) is 8.62. The number of rotatable bonds is 7. The van der Waals surface area contributed by atoms with Gasteiger partial charge in [0.2, 0.25) is 0 Å². The second-order valence-electron chi connectivity index (χ2n) is 9.43. The maximum atomic E-state index is 13.0. The molecule has 1 aliphatic heterocycles. The molecule has 164 valence electrons. The molecule has 5 nitrogen and oxygen atoms in total. The monoisotopic (exact) mass is 419 g/mol. The molecule has 2 atom stereocenters. The van der Waals surface area contributed by atoms with Gasteiger partial charge in [-0.1, -0.05) is 25.1 Å². The average molecular weight is 420 g/mol. The van der Waals surface area contributed by atoms with Crippen LogP contribution in [-0.2, 0) is 12.8 Å². The molecule has 1 saturated carbocycles. The lowest BCUT2D eigenvalue weighted by Gasteiger charge is -2.24. The standard InChI is InChI=1S/C26H33N3O2/c1-3-29-12-4-5-25(29)20-9-8-19-14-22(15-21(19)13-20)28(2)26(30)24-11-10-23(16-27-24)31-17-18-6-7-18/h8-11,13,16,18,22,25H,3-7,12,14-15,17H2,1-2H3. The van der Waals surface area contributed by atoms with E-state index in [1.165, 1.54) is 48.9 Å². The highest BCUT2D eigenvalue weighted by Crippen LogP contribution is 2.35. The number of likely N-dealkylation sites (N-methyl/N-ethyl adjacent to an activating group) is 1. The number of carbonyl (C=O) groups excluding carboxylic acids is 1. The number of amides is 1. The number of fused-ring (bicyclic) bond motifs is 1. The summed E-state index contributed by atoms with van der Waals surface area (Å²) in [4.78, 5) is 21.9. The van der Waals surface area contributed by atoms with Crippen molar-refractivity contribution in [1.29, 1.82) is 0 Å². The highest BCUT2D eigenvalue weighted by molar-refractivity contribution is 5.92. The Morgan fingerprint density at radius 3 is 2.74 bits per heavy atom. The third-order valence-corrected chi connectivity index (χ3v) is 7.30. The minimum absolute atomic E-state index is 0.0141. The van der Waals surface area contributed by atoms with Gasteiger partial charge in [0, 0.05) is 19.1 Å². The van der Waals surface area contributed by atoms with Crippen molar-refractivity contribution in [3.05, 3.63) is 58.9 Å². The molecule has 0 N–H and O–H groups in total. The predicted molar refractivity (Wildman–Crippen MR) is 121 cm³/mol. The van der Waals surface area contributed by atoms with Crippen molar-refractivity contribution in [2.75, 3.05) is 26.7 Å². The summed E-state index contributed by atoms with van der Waals surface area (Å²) in [6.07, 6.45) is 8.58. The lowest BCUT2D eigenvalue weighted by molar-refractivity contribution is 0.0731. The van der Waals surface area contributed by atoms with Crippen LogP contribution in [0.15, 0.2) is 36.5 Å². The topological polar surface area (TPSA) is 45.7 Å². The molecule has 2 aromatic rings. The van der Waals surface area contributed by atoms with E-state index in [0.29, 0.717) is 17.7 Å². The minimum Gasteiger partial charge on any atom is -0.492 e. The van der Waals surface area contributed by atoms with Gasteiger partial charge in [-0.25, -0.2) is 4.98 Å². The van der Waals surface area contributed by atoms with Crippen molar-refractivity contribution in [3.63, 3.8) is 0 Å². The molecule has 3 aliphatic rings. The van der Waals surface area contributed by atoms with Crippen LogP contribution in [0.4, 0.5) is 0 Å². The molecule has 2 unspecified atom stereocenters. The Bertz CT molecular complexity index is 938. The molecular weight excluding hydrogens is 386 g/mol. The van der Waals surface area contributed by atoms with E-state index in [-0.39, 0.29) is 11.9 Å². The molecule has 0 bridgehead atoms. The first-order valence-electron chi connectivity index (χ1n) is 11.8. The summed E-state index contributed by atoms with van der Waals surface area (Å²) in [5, 5.41) is 0. The molecule has 1 amide bonds. The van der Waals surface area contributed by atoms with E-state index in [0.717, 1.165) is 31.7 Å². The molecule has 0 radical (unpaired) electrons. The zero-order valence-corrected chi connectivity index (χ0v) is 18.7. The van der Waals surface area contributed by atoms with Crippen LogP contribution < -0.4 is 4.74 Å². The third-order valence-electron chi connectivity index (χ3n) is 7.30. The second-order valence-corrected chi connectivity index (χ2v) is 9.43. The number of aromatic nitrogens is 1. The fraction of sp³-hybridized carbons (Fsp3) is 0.538. The summed E-state index contributed by atoms with van der Waals surface area (Å²) < 4.78 is 5.75. The molecule has 2 aliphatic carbocycles. The fourth-order valence-corrected chi connectivity index (χ4v) is 5.12. The largest absolute Gasteiger partial charge is 0.492 e. The van der Waals surface area contributed by atoms with Gasteiger partial charge in [0.15, 0.2) is 0 Å². The molecule has 0 spiro atoms. The molecule has 1 aromatic carbocycles. The highest BCUT2D eigenvalue weighted by atomic mass is 16.5. The molecule has 2 heterocycles. The first-order valence-corrected chi connectivity index (χ1v) is 11.8. The smallest absolute Gasteiger partial charge is 0.272 e. The van der Waals surface area contributed by atoms with E-state index in [1.54, 1.807) is 12.3 Å². The Morgan fingerprint density at radius 2 is 2.00 bits per heavy atom. The van der Waals surface area contributed by atoms with E-state index in [9.17, 15) is 4.79 Å². The van der Waals surface area contributed by atoms with Gasteiger partial charge in [0.1, 0.15) is 11.4 Å². The number of hydrogen-bond acceptors (Lipinski definition) is 4. The lowest BCUT2D eigenvalue weighted by Crippen LogP contribution is -2.38. The molecule has 31 heavy (non-hydrogen) atoms. The van der Waals surface area contributed by atoms with Crippen molar-refractivity contribution in [1.82, 2.24) is 14.8 Å². The number of carbonyl (C=O) groups is 1. The Kier molecular flexibility index (Phi) is 5.70. The average Bonchev–Trinajstić information content (AvgIpc) is 3.33. The van der Waals surface area contributed by atoms with Gasteiger partial charge >= 0.3 is 0 Å². The fourth-order valence-electron chi connectivity index (χ4n) is 5.12. The van der Waals surface area contributed by atoms with Crippen LogP contribution in [0.3, 0.4) is 0 Å². The number of pyridine rings is 1. The molecule has 5 rings (SSSR count). The summed E-state index contributed by atoms with van der Waals surface area (Å²) in [6.45, 7) is 5.32. The van der Waals surface area contributed by atoms with E-state index in [4.69, 9.17) is 4.74 Å². The van der Waals surface area contributed by atoms with Crippen LogP contribution in [0, 0.1) is 5.92 Å². The number of nitrogens with zero attached hydrogens (tertiary/aromatic N) is 3. The predicted octanol–water partition coefficient (Wildman–Crippen LogP) is 4.27. The summed E-state index contributed by atoms with van der Waals surface area (Å²) in [5.41, 5.74) is 4.71. The van der Waals surface area contributed by atoms with Crippen molar-refractivity contribution < 1.29 is 9.53 Å². The summed E-state index contributed by atoms with van der Waals surface area (Å²) >= 11 is 0. The molecule has 1 saturated heterocycles. The van der Waals surface area contributed by atoms with Gasteiger partial charge in [0.05, 0.1) is 12.8 Å². The zero-order chi connectivity index (χ0) is 21.4. The van der Waals surface area contributed by atoms with Gasteiger partial charge in [-0.15, -0.1) is 0 Å². The van der Waals surface area contributed by atoms with E-state index >= 15 is 0 Å². The Hall–Kier alpha value is -2.40. The minimum atomic E-state index is -0.0141. The van der Waals surface area contributed by atoms with Gasteiger partial charge in [-0.2, -0.15) is 0 Å². The molecule has 1 aromatic heterocycles. The summed E-state index contributed by atoms with van der Waals surface area (Å²) in [6, 6.07) is 11.4. The summed E-state index contributed by atoms with van der Waals surface area (Å²) in [7, 11) is 1.91. The zero-order valence-electron chi connectivity index (χ0n) is 18.7. The number of benzene rings is 1. The van der Waals surface area contributed by atoms with Crippen LogP contribution in [-0.4, -0.2) is 53.5 Å². The lowest BCUT2D eigenvalue weighted by atomic mass is 9.99. The van der Waals surface area contributed by atoms with Gasteiger partial charge in [-0.05, 0) is 86.4 Å². The normalized spacial score (nSPS) is 23.0. The maximum absolute atomic E-state index is 13.0. The van der Waals surface area contributed by atoms with Crippen LogP contribution in [0.1, 0.15) is 65.8 Å². The Labute approximate surface area is 185 Å². The van der Waals surface area contributed by atoms with Gasteiger partial charge in [-0.3, -0.25) is 9.69 Å². The molecule has 2 fully saturated rings. The SMILES string of the molecule is CCN1CCCC1c1ccc2c(c1)CC(N(C)C(=O)c1ccc(OCC3CC3)cn1)C2. The quantitative estimate of drug-likeness (QED) is 0.673. The van der Waals surface area contributed by atoms with Crippen LogP contribution in [0.25, 0.3) is 0 Å². The third kappa shape index (κ3) is 4.33. The van der Waals surface area contributed by atoms with Crippen LogP contribution in [0.2, 0.25) is 0 Å². The highest BCUT2D eigenvalue weighted by Gasteiger charge is 2.31. The van der Waals surface area contributed by atoms with Crippen LogP contribution in [0.5, 0.6) is 5.75 Å². The Morgan fingerprint density at radius 1 is 1.16 bits per heavy atom. The van der Waals surface area contributed by atoms with Gasteiger partial charge in [0.25, 0.3) is 5.91 Å². The number of ether oxygens (including phenoxy) is 1. The van der Waals surface area contributed by atoms with Crippen molar-refractivity contribution in [3.8, 4) is 5.75 Å². The number of likely N-dealkylation sites (tertiary alicyclic amines) is 1. The first kappa shape index (κ1) is 20.5. The van der Waals surface area contributed by atoms with E-state index in [2.05, 4.69) is 35.0 Å². The molecular formula is C26H33N3O2. The first-order chi connectivity index (χ1) is 15.1. The Balaban J connectivity index is 1.23. The van der Waals surface area contributed by atoms with Crippen molar-refractivity contribution in [2.45, 2.75) is 57.5 Å². The van der Waals surface area contributed by atoms with Crippen molar-refractivity contribution >= 4 is 5.91 Å². The maximum Gasteiger partial charge on any atom is 0.272 e. The van der Waals surface area contributed by atoms with E-state index in [1.807, 2.05) is 18.0 Å². The number of hydrogen-bond donors (Lipinski definition) is 0. The van der Waals surface area contributed by atoms with Crippen LogP contribution >= 0.6 is 0 Å². The van der Waals surface area contributed by atoms with Gasteiger partial charge < -0.3 is 9.64 Å². The van der Waals surface area contributed by atoms with E-state index < -0.39 is 0 Å². The van der Waals surface area contributed by atoms with Crippen molar-refractivity contribution in [2.24, 2.45) is 5.92 Å². The molecule has 5 heteroatoms. The summed E-state index contributed by atoms with van der Waals surface area (Å²) in [5.74, 6) is 1.44.